The number of hydrogen-bond acceptors (Lipinski definition) is 3. The van der Waals surface area contributed by atoms with Crippen LogP contribution in [-0.4, -0.2) is 37.0 Å². The molecule has 1 N–H and O–H groups in total. The van der Waals surface area contributed by atoms with Gasteiger partial charge in [0.1, 0.15) is 5.82 Å². The molecule has 2 aromatic rings. The summed E-state index contributed by atoms with van der Waals surface area (Å²) in [4.78, 5) is 17.3. The number of benzene rings is 2. The fraction of sp³-hybridized carbons (Fsp3) is 0.458. The van der Waals surface area contributed by atoms with Gasteiger partial charge in [0.25, 0.3) is 0 Å². The molecule has 1 heterocycles. The van der Waals surface area contributed by atoms with E-state index in [-0.39, 0.29) is 17.6 Å². The number of carbonyl (C=O) groups excluding carboxylic acids is 1. The highest BCUT2D eigenvalue weighted by Crippen LogP contribution is 2.20. The first-order chi connectivity index (χ1) is 14.1. The maximum Gasteiger partial charge on any atom is 0.224 e. The van der Waals surface area contributed by atoms with Crippen molar-refractivity contribution in [1.29, 1.82) is 0 Å². The van der Waals surface area contributed by atoms with Crippen molar-refractivity contribution in [1.82, 2.24) is 10.2 Å². The first-order valence-corrected chi connectivity index (χ1v) is 10.7. The summed E-state index contributed by atoms with van der Waals surface area (Å²) in [5.41, 5.74) is 3.42. The third-order valence-corrected chi connectivity index (χ3v) is 5.73. The smallest absolute Gasteiger partial charge is 0.224 e. The number of carbonyl (C=O) groups is 1. The second-order valence-electron chi connectivity index (χ2n) is 7.76. The number of amides is 1. The Morgan fingerprint density at radius 2 is 1.72 bits per heavy atom. The van der Waals surface area contributed by atoms with Crippen molar-refractivity contribution in [3.63, 3.8) is 0 Å². The molecule has 1 fully saturated rings. The standard InChI is InChI=1S/C24H32FN3O/c1-3-28(4-2)23-13-9-19(10-14-23)16-26-24(29)21-6-5-15-27(18-21)17-20-7-11-22(25)12-8-20/h7-14,21H,3-6,15-18H2,1-2H3,(H,26,29). The van der Waals surface area contributed by atoms with E-state index < -0.39 is 0 Å². The first-order valence-electron chi connectivity index (χ1n) is 10.7. The lowest BCUT2D eigenvalue weighted by Gasteiger charge is -2.32. The molecular weight excluding hydrogens is 365 g/mol. The van der Waals surface area contributed by atoms with Crippen molar-refractivity contribution in [3.8, 4) is 0 Å². The monoisotopic (exact) mass is 397 g/mol. The van der Waals surface area contributed by atoms with Crippen LogP contribution in [0, 0.1) is 11.7 Å². The molecular formula is C24H32FN3O. The highest BCUT2D eigenvalue weighted by atomic mass is 19.1. The van der Waals surface area contributed by atoms with Crippen LogP contribution in [0.5, 0.6) is 0 Å². The average molecular weight is 398 g/mol. The van der Waals surface area contributed by atoms with Crippen LogP contribution in [0.3, 0.4) is 0 Å². The lowest BCUT2D eigenvalue weighted by Crippen LogP contribution is -2.42. The summed E-state index contributed by atoms with van der Waals surface area (Å²) in [6.45, 7) is 9.34. The van der Waals surface area contributed by atoms with E-state index in [4.69, 9.17) is 0 Å². The molecule has 5 heteroatoms. The molecule has 0 aliphatic carbocycles. The van der Waals surface area contributed by atoms with Crippen LogP contribution in [-0.2, 0) is 17.9 Å². The molecule has 29 heavy (non-hydrogen) atoms. The number of nitrogens with zero attached hydrogens (tertiary/aromatic N) is 2. The SMILES string of the molecule is CCN(CC)c1ccc(CNC(=O)C2CCCN(Cc3ccc(F)cc3)C2)cc1. The molecule has 1 aliphatic heterocycles. The minimum absolute atomic E-state index is 0.0131. The fourth-order valence-corrected chi connectivity index (χ4v) is 4.01. The van der Waals surface area contributed by atoms with Gasteiger partial charge in [0.15, 0.2) is 0 Å². The summed E-state index contributed by atoms with van der Waals surface area (Å²) < 4.78 is 13.1. The maximum atomic E-state index is 13.1. The van der Waals surface area contributed by atoms with Gasteiger partial charge in [-0.2, -0.15) is 0 Å². The molecule has 1 aliphatic rings. The highest BCUT2D eigenvalue weighted by molar-refractivity contribution is 5.79. The van der Waals surface area contributed by atoms with Crippen molar-refractivity contribution in [3.05, 3.63) is 65.5 Å². The third-order valence-electron chi connectivity index (χ3n) is 5.73. The Kier molecular flexibility index (Phi) is 7.64. The number of piperidine rings is 1. The molecule has 1 amide bonds. The normalized spacial score (nSPS) is 17.1. The summed E-state index contributed by atoms with van der Waals surface area (Å²) in [6.07, 6.45) is 1.94. The Morgan fingerprint density at radius 1 is 1.07 bits per heavy atom. The van der Waals surface area contributed by atoms with Gasteiger partial charge in [0, 0.05) is 38.4 Å². The highest BCUT2D eigenvalue weighted by Gasteiger charge is 2.25. The van der Waals surface area contributed by atoms with Gasteiger partial charge in [-0.15, -0.1) is 0 Å². The molecule has 1 saturated heterocycles. The number of anilines is 1. The number of likely N-dealkylation sites (tertiary alicyclic amines) is 1. The Bertz CT molecular complexity index is 772. The van der Waals surface area contributed by atoms with Crippen molar-refractivity contribution in [2.75, 3.05) is 31.1 Å². The minimum Gasteiger partial charge on any atom is -0.372 e. The topological polar surface area (TPSA) is 35.6 Å². The van der Waals surface area contributed by atoms with E-state index in [0.29, 0.717) is 6.54 Å². The fourth-order valence-electron chi connectivity index (χ4n) is 4.01. The molecule has 3 rings (SSSR count). The average Bonchev–Trinajstić information content (AvgIpc) is 2.75. The molecule has 0 aromatic heterocycles. The lowest BCUT2D eigenvalue weighted by molar-refractivity contribution is -0.126. The predicted octanol–water partition coefficient (Wildman–Crippen LogP) is 4.20. The molecule has 0 radical (unpaired) electrons. The van der Waals surface area contributed by atoms with E-state index in [9.17, 15) is 9.18 Å². The van der Waals surface area contributed by atoms with Crippen LogP contribution >= 0.6 is 0 Å². The largest absolute Gasteiger partial charge is 0.372 e. The van der Waals surface area contributed by atoms with Gasteiger partial charge >= 0.3 is 0 Å². The van der Waals surface area contributed by atoms with E-state index in [1.54, 1.807) is 0 Å². The van der Waals surface area contributed by atoms with Crippen molar-refractivity contribution in [2.24, 2.45) is 5.92 Å². The van der Waals surface area contributed by atoms with Crippen molar-refractivity contribution in [2.45, 2.75) is 39.8 Å². The number of halogens is 1. The minimum atomic E-state index is -0.213. The van der Waals surface area contributed by atoms with Crippen molar-refractivity contribution >= 4 is 11.6 Å². The van der Waals surface area contributed by atoms with Crippen LogP contribution in [0.25, 0.3) is 0 Å². The quantitative estimate of drug-likeness (QED) is 0.725. The van der Waals surface area contributed by atoms with Gasteiger partial charge in [-0.05, 0) is 68.6 Å². The Balaban J connectivity index is 1.49. The van der Waals surface area contributed by atoms with Crippen molar-refractivity contribution < 1.29 is 9.18 Å². The van der Waals surface area contributed by atoms with Gasteiger partial charge in [-0.3, -0.25) is 9.69 Å². The summed E-state index contributed by atoms with van der Waals surface area (Å²) >= 11 is 0. The van der Waals surface area contributed by atoms with Gasteiger partial charge in [-0.1, -0.05) is 24.3 Å². The second-order valence-corrected chi connectivity index (χ2v) is 7.76. The van der Waals surface area contributed by atoms with E-state index in [1.807, 2.05) is 12.1 Å². The Hall–Kier alpha value is -2.40. The summed E-state index contributed by atoms with van der Waals surface area (Å²) in [6, 6.07) is 15.1. The molecule has 156 valence electrons. The molecule has 1 atom stereocenters. The number of hydrogen-bond donors (Lipinski definition) is 1. The summed E-state index contributed by atoms with van der Waals surface area (Å²) in [7, 11) is 0. The van der Waals surface area contributed by atoms with E-state index in [0.717, 1.165) is 56.7 Å². The number of nitrogens with one attached hydrogen (secondary N) is 1. The predicted molar refractivity (Wildman–Crippen MR) is 116 cm³/mol. The van der Waals surface area contributed by atoms with Crippen LogP contribution in [0.2, 0.25) is 0 Å². The summed E-state index contributed by atoms with van der Waals surface area (Å²) in [5.74, 6) is -0.0736. The maximum absolute atomic E-state index is 13.1. The second kappa shape index (κ2) is 10.4. The zero-order valence-electron chi connectivity index (χ0n) is 17.5. The molecule has 1 unspecified atom stereocenters. The Labute approximate surface area is 173 Å². The van der Waals surface area contributed by atoms with E-state index in [2.05, 4.69) is 53.2 Å². The van der Waals surface area contributed by atoms with Gasteiger partial charge in [-0.25, -0.2) is 4.39 Å². The van der Waals surface area contributed by atoms with Gasteiger partial charge in [0.2, 0.25) is 5.91 Å². The zero-order chi connectivity index (χ0) is 20.6. The molecule has 4 nitrogen and oxygen atoms in total. The zero-order valence-corrected chi connectivity index (χ0v) is 17.5. The van der Waals surface area contributed by atoms with Crippen LogP contribution in [0.4, 0.5) is 10.1 Å². The number of rotatable bonds is 8. The lowest BCUT2D eigenvalue weighted by atomic mass is 9.96. The van der Waals surface area contributed by atoms with Gasteiger partial charge in [0.05, 0.1) is 5.92 Å². The van der Waals surface area contributed by atoms with E-state index in [1.165, 1.54) is 17.8 Å². The molecule has 0 spiro atoms. The van der Waals surface area contributed by atoms with Crippen LogP contribution in [0.1, 0.15) is 37.8 Å². The molecule has 0 bridgehead atoms. The van der Waals surface area contributed by atoms with Gasteiger partial charge < -0.3 is 10.2 Å². The summed E-state index contributed by atoms with van der Waals surface area (Å²) in [5, 5.41) is 3.11. The van der Waals surface area contributed by atoms with Crippen LogP contribution in [0.15, 0.2) is 48.5 Å². The van der Waals surface area contributed by atoms with E-state index >= 15 is 0 Å². The Morgan fingerprint density at radius 3 is 2.38 bits per heavy atom. The third kappa shape index (κ3) is 6.04. The first kappa shape index (κ1) is 21.3. The molecule has 2 aromatic carbocycles. The molecule has 0 saturated carbocycles. The van der Waals surface area contributed by atoms with Crippen LogP contribution < -0.4 is 10.2 Å².